The van der Waals surface area contributed by atoms with Crippen molar-refractivity contribution in [3.05, 3.63) is 29.8 Å². The second-order valence-corrected chi connectivity index (χ2v) is 11.8. The minimum absolute atomic E-state index is 0.236. The van der Waals surface area contributed by atoms with Gasteiger partial charge in [0, 0.05) is 37.5 Å². The number of alkyl halides is 1. The van der Waals surface area contributed by atoms with Crippen LogP contribution >= 0.6 is 0 Å². The summed E-state index contributed by atoms with van der Waals surface area (Å²) in [7, 11) is 0. The Labute approximate surface area is 224 Å². The Morgan fingerprint density at radius 3 is 2.47 bits per heavy atom. The Bertz CT molecular complexity index is 1020. The third-order valence-electron chi connectivity index (χ3n) is 9.28. The molecule has 0 unspecified atom stereocenters. The third-order valence-corrected chi connectivity index (χ3v) is 9.28. The number of benzene rings is 1. The molecule has 5 aliphatic rings. The number of nitrogens with zero attached hydrogens (tertiary/aromatic N) is 3. The minimum Gasteiger partial charge on any atom is -0.491 e. The summed E-state index contributed by atoms with van der Waals surface area (Å²) in [6, 6.07) is 9.01. The van der Waals surface area contributed by atoms with Crippen LogP contribution in [0.15, 0.2) is 24.3 Å². The molecule has 5 fully saturated rings. The zero-order valence-corrected chi connectivity index (χ0v) is 22.2. The van der Waals surface area contributed by atoms with E-state index in [9.17, 15) is 14.0 Å². The maximum absolute atomic E-state index is 14.1. The highest BCUT2D eigenvalue weighted by atomic mass is 19.1. The molecule has 208 valence electrons. The molecule has 0 aromatic heterocycles. The maximum atomic E-state index is 14.1. The highest BCUT2D eigenvalue weighted by Crippen LogP contribution is 2.51. The first kappa shape index (κ1) is 26.9. The van der Waals surface area contributed by atoms with Gasteiger partial charge in [-0.05, 0) is 82.0 Å². The number of ether oxygens (including phenoxy) is 1. The van der Waals surface area contributed by atoms with Gasteiger partial charge in [-0.15, -0.1) is 0 Å². The summed E-state index contributed by atoms with van der Waals surface area (Å²) in [6.45, 7) is 5.54. The number of hydrogen-bond acceptors (Lipinski definition) is 5. The predicted octanol–water partition coefficient (Wildman–Crippen LogP) is 3.45. The number of carboxylic acid groups (broad SMARTS) is 1. The maximum Gasteiger partial charge on any atom is 0.290 e. The molecule has 0 bridgehead atoms. The van der Waals surface area contributed by atoms with E-state index in [4.69, 9.17) is 14.6 Å². The molecule has 1 aromatic rings. The molecule has 1 spiro atoms. The summed E-state index contributed by atoms with van der Waals surface area (Å²) >= 11 is 0. The second kappa shape index (κ2) is 11.2. The molecule has 2 saturated carbocycles. The number of halogens is 1. The van der Waals surface area contributed by atoms with E-state index in [1.165, 1.54) is 12.0 Å². The summed E-state index contributed by atoms with van der Waals surface area (Å²) in [5, 5.41) is 6.89. The fraction of sp³-hybridized carbons (Fsp3) is 0.690. The van der Waals surface area contributed by atoms with E-state index >= 15 is 0 Å². The van der Waals surface area contributed by atoms with Gasteiger partial charge < -0.3 is 24.5 Å². The van der Waals surface area contributed by atoms with E-state index in [-0.39, 0.29) is 23.7 Å². The molecule has 6 rings (SSSR count). The smallest absolute Gasteiger partial charge is 0.290 e. The highest BCUT2D eigenvalue weighted by Gasteiger charge is 2.58. The number of hydrogen-bond donors (Lipinski definition) is 1. The number of piperidine rings is 1. The van der Waals surface area contributed by atoms with Gasteiger partial charge in [-0.1, -0.05) is 18.2 Å². The normalized spacial score (nSPS) is 26.0. The van der Waals surface area contributed by atoms with Gasteiger partial charge in [0.1, 0.15) is 12.4 Å². The van der Waals surface area contributed by atoms with Gasteiger partial charge in [-0.3, -0.25) is 14.4 Å². The average Bonchev–Trinajstić information content (AvgIpc) is 3.30. The van der Waals surface area contributed by atoms with Gasteiger partial charge in [0.05, 0.1) is 6.54 Å². The fourth-order valence-electron chi connectivity index (χ4n) is 7.02. The number of carbonyl (C=O) groups is 3. The lowest BCUT2D eigenvalue weighted by Crippen LogP contribution is -2.60. The monoisotopic (exact) mass is 529 g/mol. The Kier molecular flexibility index (Phi) is 7.93. The van der Waals surface area contributed by atoms with E-state index in [1.54, 1.807) is 4.90 Å². The molecule has 1 atom stereocenters. The molecule has 3 aliphatic heterocycles. The summed E-state index contributed by atoms with van der Waals surface area (Å²) < 4.78 is 20.3. The van der Waals surface area contributed by atoms with E-state index in [1.807, 2.05) is 11.0 Å². The van der Waals surface area contributed by atoms with Crippen LogP contribution in [0.3, 0.4) is 0 Å². The number of rotatable bonds is 7. The van der Waals surface area contributed by atoms with E-state index < -0.39 is 5.67 Å². The largest absolute Gasteiger partial charge is 0.491 e. The van der Waals surface area contributed by atoms with Gasteiger partial charge >= 0.3 is 0 Å². The van der Waals surface area contributed by atoms with Crippen LogP contribution in [0, 0.1) is 5.41 Å². The van der Waals surface area contributed by atoms with Crippen LogP contribution in [0.25, 0.3) is 0 Å². The first-order valence-corrected chi connectivity index (χ1v) is 14.2. The molecule has 0 radical (unpaired) electrons. The first-order valence-electron chi connectivity index (χ1n) is 14.2. The van der Waals surface area contributed by atoms with Crippen molar-refractivity contribution in [3.63, 3.8) is 0 Å². The lowest BCUT2D eigenvalue weighted by molar-refractivity contribution is -0.150. The zero-order valence-electron chi connectivity index (χ0n) is 22.2. The van der Waals surface area contributed by atoms with Crippen molar-refractivity contribution in [1.29, 1.82) is 0 Å². The molecule has 2 aliphatic carbocycles. The Hall–Kier alpha value is -2.68. The van der Waals surface area contributed by atoms with Gasteiger partial charge in [0.25, 0.3) is 12.4 Å². The average molecular weight is 530 g/mol. The van der Waals surface area contributed by atoms with E-state index in [0.29, 0.717) is 44.4 Å². The molecule has 8 nitrogen and oxygen atoms in total. The zero-order chi connectivity index (χ0) is 26.8. The summed E-state index contributed by atoms with van der Waals surface area (Å²) in [4.78, 5) is 38.9. The Balaban J connectivity index is 0.000000937. The van der Waals surface area contributed by atoms with Crippen molar-refractivity contribution < 1.29 is 28.6 Å². The lowest BCUT2D eigenvalue weighted by Gasteiger charge is -2.49. The molecule has 2 amide bonds. The molecular weight excluding hydrogens is 489 g/mol. The van der Waals surface area contributed by atoms with Crippen LogP contribution in [0.1, 0.15) is 69.3 Å². The minimum atomic E-state index is -1.52. The third kappa shape index (κ3) is 5.67. The van der Waals surface area contributed by atoms with Crippen molar-refractivity contribution in [3.8, 4) is 5.75 Å². The van der Waals surface area contributed by atoms with Gasteiger partial charge in [-0.25, -0.2) is 4.39 Å². The molecule has 38 heavy (non-hydrogen) atoms. The predicted molar refractivity (Wildman–Crippen MR) is 140 cm³/mol. The standard InChI is InChI=1S/C28H38FN3O3.CH2O2/c29-28(11-12-28)26(34)32-19-27(20-32)10-7-22(18-27)30-14-8-21(9-15-30)23-4-1-2-5-24(23)35-17-16-31-13-3-6-25(31)33;2-1-3/h1-2,4-5,21-22H,3,6-20H2;1H,(H,2,3)/t22-;/m0./s1. The van der Waals surface area contributed by atoms with Crippen LogP contribution in [0.2, 0.25) is 0 Å². The molecule has 1 N–H and O–H groups in total. The molecule has 9 heteroatoms. The molecule has 3 heterocycles. The summed E-state index contributed by atoms with van der Waals surface area (Å²) in [6.07, 6.45) is 8.23. The van der Waals surface area contributed by atoms with Gasteiger partial charge in [0.15, 0.2) is 5.67 Å². The van der Waals surface area contributed by atoms with E-state index in [2.05, 4.69) is 23.1 Å². The Morgan fingerprint density at radius 2 is 1.82 bits per heavy atom. The van der Waals surface area contributed by atoms with Crippen LogP contribution in [0.5, 0.6) is 5.75 Å². The first-order chi connectivity index (χ1) is 18.4. The van der Waals surface area contributed by atoms with Crippen molar-refractivity contribution in [2.24, 2.45) is 5.41 Å². The van der Waals surface area contributed by atoms with Crippen LogP contribution in [0.4, 0.5) is 4.39 Å². The van der Waals surface area contributed by atoms with Crippen molar-refractivity contribution in [2.75, 3.05) is 45.9 Å². The van der Waals surface area contributed by atoms with Crippen LogP contribution in [-0.4, -0.2) is 95.7 Å². The Morgan fingerprint density at radius 1 is 1.11 bits per heavy atom. The molecular formula is C29H40FN3O5. The quantitative estimate of drug-likeness (QED) is 0.545. The van der Waals surface area contributed by atoms with Gasteiger partial charge in [0.2, 0.25) is 5.91 Å². The number of likely N-dealkylation sites (tertiary alicyclic amines) is 3. The molecule has 3 saturated heterocycles. The van der Waals surface area contributed by atoms with Gasteiger partial charge in [-0.2, -0.15) is 0 Å². The molecule has 1 aromatic carbocycles. The second-order valence-electron chi connectivity index (χ2n) is 11.8. The number of amides is 2. The van der Waals surface area contributed by atoms with Crippen molar-refractivity contribution in [1.82, 2.24) is 14.7 Å². The summed E-state index contributed by atoms with van der Waals surface area (Å²) in [5.41, 5.74) is 0.0170. The topological polar surface area (TPSA) is 90.4 Å². The SMILES string of the molecule is O=C1CCCN1CCOc1ccccc1C1CCN([C@H]2CCC3(C2)CN(C(=O)C2(F)CC2)C3)CC1.O=CO. The highest BCUT2D eigenvalue weighted by molar-refractivity contribution is 5.88. The van der Waals surface area contributed by atoms with Crippen LogP contribution in [-0.2, 0) is 14.4 Å². The summed E-state index contributed by atoms with van der Waals surface area (Å²) in [5.74, 6) is 1.47. The van der Waals surface area contributed by atoms with Crippen molar-refractivity contribution in [2.45, 2.75) is 75.4 Å². The van der Waals surface area contributed by atoms with E-state index in [0.717, 1.165) is 70.6 Å². The van der Waals surface area contributed by atoms with Crippen molar-refractivity contribution >= 4 is 18.3 Å². The fourth-order valence-corrected chi connectivity index (χ4v) is 7.02. The number of para-hydroxylation sites is 1. The van der Waals surface area contributed by atoms with Crippen LogP contribution < -0.4 is 4.74 Å². The lowest BCUT2D eigenvalue weighted by atomic mass is 9.77. The number of carbonyl (C=O) groups excluding carboxylic acids is 2.